The molecule has 1 aliphatic heterocycles. The topological polar surface area (TPSA) is 58.2 Å². The highest BCUT2D eigenvalue weighted by atomic mass is 16.5. The molecule has 0 bridgehead atoms. The minimum Gasteiger partial charge on any atom is -0.497 e. The molecule has 5 heteroatoms. The minimum atomic E-state index is -0.329. The van der Waals surface area contributed by atoms with Crippen LogP contribution >= 0.6 is 0 Å². The van der Waals surface area contributed by atoms with Gasteiger partial charge in [0, 0.05) is 30.9 Å². The molecule has 126 valence electrons. The largest absolute Gasteiger partial charge is 0.497 e. The van der Waals surface area contributed by atoms with Crippen molar-refractivity contribution in [2.24, 2.45) is 0 Å². The zero-order valence-electron chi connectivity index (χ0n) is 14.0. The standard InChI is InChI=1S/C19H23N3O2/c1-24-16-6-2-5-15(12-16)19(8-9-19)18(23)22-11-3-4-14(13-22)17-7-10-20-21-17/h2,5-7,10,12,14H,3-4,8-9,11,13H2,1H3,(H,20,21). The lowest BCUT2D eigenvalue weighted by molar-refractivity contribution is -0.135. The summed E-state index contributed by atoms with van der Waals surface area (Å²) in [5, 5.41) is 7.12. The van der Waals surface area contributed by atoms with Crippen LogP contribution in [0.5, 0.6) is 5.75 Å². The number of likely N-dealkylation sites (tertiary alicyclic amines) is 1. The minimum absolute atomic E-state index is 0.278. The van der Waals surface area contributed by atoms with Crippen LogP contribution in [0.25, 0.3) is 0 Å². The van der Waals surface area contributed by atoms with Crippen molar-refractivity contribution in [3.63, 3.8) is 0 Å². The summed E-state index contributed by atoms with van der Waals surface area (Å²) in [6, 6.07) is 10.0. The Morgan fingerprint density at radius 1 is 1.38 bits per heavy atom. The maximum absolute atomic E-state index is 13.3. The molecule has 1 saturated heterocycles. The molecule has 2 fully saturated rings. The van der Waals surface area contributed by atoms with Gasteiger partial charge in [0.05, 0.1) is 12.5 Å². The fourth-order valence-corrected chi connectivity index (χ4v) is 3.88. The van der Waals surface area contributed by atoms with E-state index in [0.717, 1.165) is 55.8 Å². The van der Waals surface area contributed by atoms with Gasteiger partial charge in [0.1, 0.15) is 5.75 Å². The molecule has 0 radical (unpaired) electrons. The maximum atomic E-state index is 13.3. The van der Waals surface area contributed by atoms with E-state index in [9.17, 15) is 4.79 Å². The van der Waals surface area contributed by atoms with Crippen molar-refractivity contribution in [1.29, 1.82) is 0 Å². The Hall–Kier alpha value is -2.30. The molecule has 1 aromatic carbocycles. The Bertz CT molecular complexity index is 722. The van der Waals surface area contributed by atoms with Crippen LogP contribution in [0.2, 0.25) is 0 Å². The SMILES string of the molecule is COc1cccc(C2(C(=O)N3CCCC(c4ccn[nH]4)C3)CC2)c1. The van der Waals surface area contributed by atoms with Crippen LogP contribution in [0.3, 0.4) is 0 Å². The van der Waals surface area contributed by atoms with E-state index in [1.54, 1.807) is 13.3 Å². The average Bonchev–Trinajstić information content (AvgIpc) is 3.27. The van der Waals surface area contributed by atoms with Crippen molar-refractivity contribution >= 4 is 5.91 Å². The number of methoxy groups -OCH3 is 1. The van der Waals surface area contributed by atoms with Gasteiger partial charge in [0.15, 0.2) is 0 Å². The molecule has 1 N–H and O–H groups in total. The summed E-state index contributed by atoms with van der Waals surface area (Å²) in [4.78, 5) is 15.3. The van der Waals surface area contributed by atoms with E-state index in [-0.39, 0.29) is 11.3 Å². The number of aromatic nitrogens is 2. The number of nitrogens with one attached hydrogen (secondary N) is 1. The first-order valence-electron chi connectivity index (χ1n) is 8.66. The number of amides is 1. The van der Waals surface area contributed by atoms with Crippen molar-refractivity contribution in [3.05, 3.63) is 47.8 Å². The molecule has 24 heavy (non-hydrogen) atoms. The molecule has 1 atom stereocenters. The zero-order valence-corrected chi connectivity index (χ0v) is 14.0. The highest BCUT2D eigenvalue weighted by Gasteiger charge is 2.53. The highest BCUT2D eigenvalue weighted by molar-refractivity contribution is 5.91. The number of ether oxygens (including phenoxy) is 1. The van der Waals surface area contributed by atoms with E-state index < -0.39 is 0 Å². The number of rotatable bonds is 4. The lowest BCUT2D eigenvalue weighted by Gasteiger charge is -2.35. The summed E-state index contributed by atoms with van der Waals surface area (Å²) in [5.74, 6) is 1.46. The van der Waals surface area contributed by atoms with E-state index in [0.29, 0.717) is 5.92 Å². The smallest absolute Gasteiger partial charge is 0.233 e. The molecule has 2 heterocycles. The number of carbonyl (C=O) groups excluding carboxylic acids is 1. The van der Waals surface area contributed by atoms with Crippen LogP contribution in [0.4, 0.5) is 0 Å². The van der Waals surface area contributed by atoms with Crippen LogP contribution in [-0.4, -0.2) is 41.2 Å². The predicted molar refractivity (Wildman–Crippen MR) is 91.0 cm³/mol. The van der Waals surface area contributed by atoms with Crippen molar-refractivity contribution in [2.45, 2.75) is 37.0 Å². The molecular formula is C19H23N3O2. The number of hydrogen-bond donors (Lipinski definition) is 1. The van der Waals surface area contributed by atoms with E-state index in [2.05, 4.69) is 21.2 Å². The summed E-state index contributed by atoms with van der Waals surface area (Å²) in [6.07, 6.45) is 5.81. The fraction of sp³-hybridized carbons (Fsp3) is 0.474. The summed E-state index contributed by atoms with van der Waals surface area (Å²) in [7, 11) is 1.67. The normalized spacial score (nSPS) is 22.2. The first kappa shape index (κ1) is 15.2. The molecule has 1 aliphatic carbocycles. The molecule has 1 amide bonds. The van der Waals surface area contributed by atoms with Gasteiger partial charge in [-0.25, -0.2) is 0 Å². The van der Waals surface area contributed by atoms with Crippen LogP contribution in [0, 0.1) is 0 Å². The average molecular weight is 325 g/mol. The Balaban J connectivity index is 1.54. The monoisotopic (exact) mass is 325 g/mol. The number of benzene rings is 1. The van der Waals surface area contributed by atoms with Crippen molar-refractivity contribution in [2.75, 3.05) is 20.2 Å². The van der Waals surface area contributed by atoms with E-state index in [4.69, 9.17) is 4.74 Å². The number of piperidine rings is 1. The second kappa shape index (κ2) is 5.96. The summed E-state index contributed by atoms with van der Waals surface area (Å²) >= 11 is 0. The highest BCUT2D eigenvalue weighted by Crippen LogP contribution is 2.50. The van der Waals surface area contributed by atoms with E-state index in [1.165, 1.54) is 0 Å². The van der Waals surface area contributed by atoms with Crippen LogP contribution in [0.1, 0.15) is 42.9 Å². The zero-order chi connectivity index (χ0) is 16.6. The molecule has 2 aromatic rings. The van der Waals surface area contributed by atoms with E-state index in [1.807, 2.05) is 24.3 Å². The lowest BCUT2D eigenvalue weighted by Crippen LogP contribution is -2.44. The number of H-pyrrole nitrogens is 1. The number of carbonyl (C=O) groups is 1. The Labute approximate surface area is 142 Å². The van der Waals surface area contributed by atoms with Gasteiger partial charge in [0.25, 0.3) is 0 Å². The molecule has 2 aliphatic rings. The molecule has 1 saturated carbocycles. The van der Waals surface area contributed by atoms with E-state index >= 15 is 0 Å². The lowest BCUT2D eigenvalue weighted by atomic mass is 9.90. The van der Waals surface area contributed by atoms with Crippen molar-refractivity contribution < 1.29 is 9.53 Å². The van der Waals surface area contributed by atoms with Gasteiger partial charge in [-0.15, -0.1) is 0 Å². The van der Waals surface area contributed by atoms with Gasteiger partial charge in [0.2, 0.25) is 5.91 Å². The number of nitrogens with zero attached hydrogens (tertiary/aromatic N) is 2. The summed E-state index contributed by atoms with van der Waals surface area (Å²) in [6.45, 7) is 1.64. The third-order valence-electron chi connectivity index (χ3n) is 5.45. The van der Waals surface area contributed by atoms with Gasteiger partial charge in [-0.2, -0.15) is 5.10 Å². The van der Waals surface area contributed by atoms with Gasteiger partial charge in [-0.3, -0.25) is 9.89 Å². The second-order valence-electron chi connectivity index (χ2n) is 6.92. The predicted octanol–water partition coefficient (Wildman–Crippen LogP) is 2.86. The number of aromatic amines is 1. The summed E-state index contributed by atoms with van der Waals surface area (Å²) in [5.41, 5.74) is 1.90. The van der Waals surface area contributed by atoms with Crippen LogP contribution < -0.4 is 4.74 Å². The Morgan fingerprint density at radius 2 is 2.25 bits per heavy atom. The van der Waals surface area contributed by atoms with Gasteiger partial charge in [-0.1, -0.05) is 12.1 Å². The van der Waals surface area contributed by atoms with Gasteiger partial charge < -0.3 is 9.64 Å². The molecule has 1 unspecified atom stereocenters. The first-order chi connectivity index (χ1) is 11.7. The second-order valence-corrected chi connectivity index (χ2v) is 6.92. The summed E-state index contributed by atoms with van der Waals surface area (Å²) < 4.78 is 5.33. The Morgan fingerprint density at radius 3 is 2.96 bits per heavy atom. The fourth-order valence-electron chi connectivity index (χ4n) is 3.88. The molecular weight excluding hydrogens is 302 g/mol. The van der Waals surface area contributed by atoms with Crippen molar-refractivity contribution in [3.8, 4) is 5.75 Å². The third-order valence-corrected chi connectivity index (χ3v) is 5.45. The first-order valence-corrected chi connectivity index (χ1v) is 8.66. The molecule has 4 rings (SSSR count). The quantitative estimate of drug-likeness (QED) is 0.940. The van der Waals surface area contributed by atoms with Crippen LogP contribution in [0.15, 0.2) is 36.5 Å². The maximum Gasteiger partial charge on any atom is 0.233 e. The molecule has 1 aromatic heterocycles. The van der Waals surface area contributed by atoms with Crippen molar-refractivity contribution in [1.82, 2.24) is 15.1 Å². The Kier molecular flexibility index (Phi) is 3.79. The van der Waals surface area contributed by atoms with Gasteiger partial charge >= 0.3 is 0 Å². The molecule has 0 spiro atoms. The third kappa shape index (κ3) is 2.58. The number of hydrogen-bond acceptors (Lipinski definition) is 3. The molecule has 5 nitrogen and oxygen atoms in total. The van der Waals surface area contributed by atoms with Gasteiger partial charge in [-0.05, 0) is 49.4 Å². The van der Waals surface area contributed by atoms with Crippen LogP contribution in [-0.2, 0) is 10.2 Å².